The summed E-state index contributed by atoms with van der Waals surface area (Å²) in [4.78, 5) is 0. The number of rotatable bonds is 15. The minimum atomic E-state index is -2.91. The molecule has 0 atom stereocenters. The van der Waals surface area contributed by atoms with Gasteiger partial charge in [0.1, 0.15) is 0 Å². The average Bonchev–Trinajstić information content (AvgIpc) is 3.08. The molecule has 1 aromatic carbocycles. The molecule has 2 rings (SSSR count). The summed E-state index contributed by atoms with van der Waals surface area (Å²) in [6.45, 7) is 18.0. The zero-order valence-corrected chi connectivity index (χ0v) is 27.5. The van der Waals surface area contributed by atoms with Crippen LogP contribution in [0.4, 0.5) is 0 Å². The Kier molecular flexibility index (Phi) is 12.6. The third kappa shape index (κ3) is 7.64. The predicted molar refractivity (Wildman–Crippen MR) is 159 cm³/mol. The Bertz CT molecular complexity index is 847. The van der Waals surface area contributed by atoms with E-state index in [1.165, 1.54) is 62.9 Å². The van der Waals surface area contributed by atoms with E-state index in [0.29, 0.717) is 0 Å². The molecule has 36 heavy (non-hydrogen) atoms. The quantitative estimate of drug-likeness (QED) is 0.188. The standard InChI is InChI=1S/C19H25BNO2.3C4H9.Sn/c1-6-7-8-17(13-15-9-11-16(14-21)12-10-15)20-22-18(2,3)19(4,5)23-20;3*1-3-4-2;/h9-12H,6-8H2,1-5H3;3*1,3-4H2,2H3;. The van der Waals surface area contributed by atoms with Crippen molar-refractivity contribution in [3.05, 3.63) is 40.9 Å². The van der Waals surface area contributed by atoms with Gasteiger partial charge in [-0.1, -0.05) is 0 Å². The van der Waals surface area contributed by atoms with Crippen LogP contribution in [0.3, 0.4) is 0 Å². The van der Waals surface area contributed by atoms with E-state index in [9.17, 15) is 5.26 Å². The second-order valence-electron chi connectivity index (χ2n) is 11.9. The van der Waals surface area contributed by atoms with Gasteiger partial charge in [0.2, 0.25) is 0 Å². The fourth-order valence-electron chi connectivity index (χ4n) is 5.55. The molecule has 1 aliphatic heterocycles. The van der Waals surface area contributed by atoms with Crippen LogP contribution in [0, 0.1) is 11.3 Å². The first-order valence-electron chi connectivity index (χ1n) is 14.7. The summed E-state index contributed by atoms with van der Waals surface area (Å²) in [6, 6.07) is 10.8. The Morgan fingerprint density at radius 2 is 1.22 bits per heavy atom. The maximum absolute atomic E-state index is 9.50. The average molecular weight is 600 g/mol. The van der Waals surface area contributed by atoms with E-state index >= 15 is 0 Å². The molecule has 1 aliphatic rings. The molecule has 1 aromatic rings. The Hall–Kier alpha value is -0.766. The number of unbranched alkanes of at least 4 members (excludes halogenated alkanes) is 4. The van der Waals surface area contributed by atoms with Gasteiger partial charge in [-0.3, -0.25) is 0 Å². The van der Waals surface area contributed by atoms with Crippen molar-refractivity contribution in [1.29, 1.82) is 5.26 Å². The van der Waals surface area contributed by atoms with Crippen molar-refractivity contribution in [2.24, 2.45) is 0 Å². The van der Waals surface area contributed by atoms with Crippen molar-refractivity contribution in [3.63, 3.8) is 0 Å². The van der Waals surface area contributed by atoms with Gasteiger partial charge >= 0.3 is 228 Å². The normalized spacial score (nSPS) is 17.7. The van der Waals surface area contributed by atoms with Crippen LogP contribution in [0.15, 0.2) is 29.7 Å². The molecule has 0 unspecified atom stereocenters. The fraction of sp³-hybridized carbons (Fsp3) is 0.710. The minimum absolute atomic E-state index is 0.284. The van der Waals surface area contributed by atoms with Crippen molar-refractivity contribution in [3.8, 4) is 6.07 Å². The number of nitriles is 1. The zero-order valence-electron chi connectivity index (χ0n) is 24.6. The van der Waals surface area contributed by atoms with Crippen molar-refractivity contribution in [1.82, 2.24) is 0 Å². The van der Waals surface area contributed by atoms with Gasteiger partial charge in [-0.15, -0.1) is 0 Å². The molecular weight excluding hydrogens is 548 g/mol. The van der Waals surface area contributed by atoms with E-state index in [2.05, 4.69) is 73.6 Å². The molecule has 3 nitrogen and oxygen atoms in total. The molecule has 0 amide bonds. The molecule has 1 heterocycles. The van der Waals surface area contributed by atoms with E-state index in [1.807, 2.05) is 12.1 Å². The first-order valence-corrected chi connectivity index (χ1v) is 22.2. The second kappa shape index (κ2) is 14.4. The predicted octanol–water partition coefficient (Wildman–Crippen LogP) is 9.52. The van der Waals surface area contributed by atoms with Crippen LogP contribution >= 0.6 is 0 Å². The Morgan fingerprint density at radius 3 is 1.61 bits per heavy atom. The molecular formula is C31H52BNO2Sn. The maximum atomic E-state index is 9.50. The van der Waals surface area contributed by atoms with Crippen LogP contribution in [-0.2, 0) is 9.31 Å². The monoisotopic (exact) mass is 601 g/mol. The molecule has 0 aliphatic carbocycles. The van der Waals surface area contributed by atoms with Crippen LogP contribution in [0.25, 0.3) is 3.59 Å². The first kappa shape index (κ1) is 31.5. The first-order chi connectivity index (χ1) is 17.1. The molecule has 1 fully saturated rings. The SMILES string of the molecule is CCCC/C(B1OC(C)(C)C(C)(C)O1)=[C](\c1ccc(C#N)cc1)[Sn]([CH2]CCC)([CH2]CCC)[CH2]CCC. The molecule has 5 heteroatoms. The van der Waals surface area contributed by atoms with Gasteiger partial charge in [-0.2, -0.15) is 0 Å². The number of hydrogen-bond donors (Lipinski definition) is 0. The van der Waals surface area contributed by atoms with Gasteiger partial charge in [0, 0.05) is 0 Å². The number of benzene rings is 1. The van der Waals surface area contributed by atoms with E-state index in [-0.39, 0.29) is 18.3 Å². The molecule has 0 aromatic heterocycles. The summed E-state index contributed by atoms with van der Waals surface area (Å²) >= 11 is -2.91. The Morgan fingerprint density at radius 1 is 0.778 bits per heavy atom. The van der Waals surface area contributed by atoms with Crippen LogP contribution in [0.2, 0.25) is 13.3 Å². The summed E-state index contributed by atoms with van der Waals surface area (Å²) in [5, 5.41) is 9.50. The molecule has 0 radical (unpaired) electrons. The summed E-state index contributed by atoms with van der Waals surface area (Å²) in [5.74, 6) is 0. The van der Waals surface area contributed by atoms with Gasteiger partial charge in [-0.25, -0.2) is 0 Å². The third-order valence-corrected chi connectivity index (χ3v) is 24.5. The van der Waals surface area contributed by atoms with Gasteiger partial charge in [-0.05, 0) is 0 Å². The summed E-state index contributed by atoms with van der Waals surface area (Å²) in [6.07, 6.45) is 11.0. The number of allylic oxidation sites excluding steroid dienone is 1. The molecule has 0 saturated carbocycles. The van der Waals surface area contributed by atoms with E-state index < -0.39 is 18.4 Å². The molecule has 1 saturated heterocycles. The fourth-order valence-corrected chi connectivity index (χ4v) is 23.5. The van der Waals surface area contributed by atoms with Crippen molar-refractivity contribution in [2.45, 2.75) is 138 Å². The van der Waals surface area contributed by atoms with Crippen LogP contribution in [-0.4, -0.2) is 36.7 Å². The van der Waals surface area contributed by atoms with Crippen molar-refractivity contribution < 1.29 is 9.31 Å². The van der Waals surface area contributed by atoms with Gasteiger partial charge in [0.25, 0.3) is 0 Å². The van der Waals surface area contributed by atoms with E-state index in [1.54, 1.807) is 3.59 Å². The zero-order chi connectivity index (χ0) is 26.8. The van der Waals surface area contributed by atoms with Crippen LogP contribution < -0.4 is 0 Å². The Balaban J connectivity index is 2.86. The number of nitrogens with zero attached hydrogens (tertiary/aromatic N) is 1. The second-order valence-corrected chi connectivity index (χ2v) is 24.9. The summed E-state index contributed by atoms with van der Waals surface area (Å²) in [5.41, 5.74) is 2.81. The number of hydrogen-bond acceptors (Lipinski definition) is 3. The van der Waals surface area contributed by atoms with Gasteiger partial charge < -0.3 is 0 Å². The van der Waals surface area contributed by atoms with Crippen molar-refractivity contribution in [2.75, 3.05) is 0 Å². The molecule has 0 bridgehead atoms. The molecule has 0 N–H and O–H groups in total. The van der Waals surface area contributed by atoms with Crippen LogP contribution in [0.1, 0.15) is 124 Å². The van der Waals surface area contributed by atoms with Crippen LogP contribution in [0.5, 0.6) is 0 Å². The van der Waals surface area contributed by atoms with Gasteiger partial charge in [0.05, 0.1) is 0 Å². The summed E-state index contributed by atoms with van der Waals surface area (Å²) in [7, 11) is -0.284. The third-order valence-electron chi connectivity index (χ3n) is 8.52. The van der Waals surface area contributed by atoms with E-state index in [0.717, 1.165) is 24.8 Å². The topological polar surface area (TPSA) is 42.2 Å². The Labute approximate surface area is 227 Å². The van der Waals surface area contributed by atoms with Crippen molar-refractivity contribution >= 4 is 29.1 Å². The summed E-state index contributed by atoms with van der Waals surface area (Å²) < 4.78 is 19.4. The molecule has 0 spiro atoms. The van der Waals surface area contributed by atoms with E-state index in [4.69, 9.17) is 9.31 Å². The van der Waals surface area contributed by atoms with Gasteiger partial charge in [0.15, 0.2) is 0 Å². The molecule has 200 valence electrons.